The Morgan fingerprint density at radius 2 is 1.90 bits per heavy atom. The quantitative estimate of drug-likeness (QED) is 0.857. The highest BCUT2D eigenvalue weighted by atomic mass is 79.9. The minimum absolute atomic E-state index is 0.206. The average Bonchev–Trinajstić information content (AvgIpc) is 2.48. The first-order valence-electron chi connectivity index (χ1n) is 6.06. The molecule has 3 nitrogen and oxygen atoms in total. The van der Waals surface area contributed by atoms with Crippen molar-refractivity contribution in [3.63, 3.8) is 0 Å². The molecule has 0 saturated carbocycles. The predicted molar refractivity (Wildman–Crippen MR) is 85.0 cm³/mol. The minimum atomic E-state index is -0.206. The molecule has 2 rings (SSSR count). The molecule has 0 spiro atoms. The van der Waals surface area contributed by atoms with Crippen molar-refractivity contribution in [3.05, 3.63) is 64.6 Å². The molecule has 0 aromatic heterocycles. The van der Waals surface area contributed by atoms with E-state index in [-0.39, 0.29) is 5.91 Å². The van der Waals surface area contributed by atoms with Crippen molar-refractivity contribution in [1.29, 1.82) is 0 Å². The molecule has 0 unspecified atom stereocenters. The first-order chi connectivity index (χ1) is 9.69. The predicted octanol–water partition coefficient (Wildman–Crippen LogP) is 4.07. The van der Waals surface area contributed by atoms with E-state index in [1.165, 1.54) is 0 Å². The standard InChI is InChI=1S/C16H14BrNO2/c1-20-14-9-5-8-13(11-14)18-16(19)15(17)10-12-6-3-2-4-7-12/h2-11H,1H3,(H,18,19). The van der Waals surface area contributed by atoms with Gasteiger partial charge in [-0.3, -0.25) is 4.79 Å². The molecular weight excluding hydrogens is 318 g/mol. The van der Waals surface area contributed by atoms with Crippen LogP contribution < -0.4 is 10.1 Å². The highest BCUT2D eigenvalue weighted by Crippen LogP contribution is 2.19. The van der Waals surface area contributed by atoms with Gasteiger partial charge in [-0.25, -0.2) is 0 Å². The molecule has 0 fully saturated rings. The fraction of sp³-hybridized carbons (Fsp3) is 0.0625. The number of anilines is 1. The van der Waals surface area contributed by atoms with Gasteiger partial charge >= 0.3 is 0 Å². The molecule has 20 heavy (non-hydrogen) atoms. The number of methoxy groups -OCH3 is 1. The second-order valence-electron chi connectivity index (χ2n) is 4.09. The number of benzene rings is 2. The Hall–Kier alpha value is -2.07. The second kappa shape index (κ2) is 6.91. The summed E-state index contributed by atoms with van der Waals surface area (Å²) in [5, 5.41) is 2.80. The average molecular weight is 332 g/mol. The zero-order valence-electron chi connectivity index (χ0n) is 11.0. The molecule has 0 aliphatic heterocycles. The topological polar surface area (TPSA) is 38.3 Å². The Balaban J connectivity index is 2.09. The third kappa shape index (κ3) is 3.96. The summed E-state index contributed by atoms with van der Waals surface area (Å²) in [6, 6.07) is 16.9. The Kier molecular flexibility index (Phi) is 4.96. The van der Waals surface area contributed by atoms with E-state index >= 15 is 0 Å². The highest BCUT2D eigenvalue weighted by Gasteiger charge is 2.07. The van der Waals surface area contributed by atoms with E-state index in [9.17, 15) is 4.79 Å². The van der Waals surface area contributed by atoms with Crippen LogP contribution in [0.2, 0.25) is 0 Å². The van der Waals surface area contributed by atoms with E-state index in [2.05, 4.69) is 21.2 Å². The molecule has 0 heterocycles. The molecule has 0 aliphatic carbocycles. The van der Waals surface area contributed by atoms with Crippen molar-refractivity contribution in [2.45, 2.75) is 0 Å². The lowest BCUT2D eigenvalue weighted by molar-refractivity contribution is -0.112. The van der Waals surface area contributed by atoms with Crippen LogP contribution in [0.1, 0.15) is 5.56 Å². The van der Waals surface area contributed by atoms with Gasteiger partial charge in [-0.05, 0) is 39.7 Å². The molecule has 0 saturated heterocycles. The van der Waals surface area contributed by atoms with E-state index in [0.29, 0.717) is 15.9 Å². The van der Waals surface area contributed by atoms with Gasteiger partial charge in [0.1, 0.15) is 5.75 Å². The fourth-order valence-electron chi connectivity index (χ4n) is 1.65. The molecule has 0 bridgehead atoms. The van der Waals surface area contributed by atoms with Crippen LogP contribution in [0.3, 0.4) is 0 Å². The third-order valence-electron chi connectivity index (χ3n) is 2.64. The number of ether oxygens (including phenoxy) is 1. The molecular formula is C16H14BrNO2. The van der Waals surface area contributed by atoms with Gasteiger partial charge in [0, 0.05) is 11.8 Å². The van der Waals surface area contributed by atoms with Crippen LogP contribution in [0.15, 0.2) is 59.1 Å². The number of carbonyl (C=O) groups is 1. The highest BCUT2D eigenvalue weighted by molar-refractivity contribution is 9.12. The maximum Gasteiger partial charge on any atom is 0.262 e. The molecule has 0 aliphatic rings. The van der Waals surface area contributed by atoms with Gasteiger partial charge < -0.3 is 10.1 Å². The maximum atomic E-state index is 12.0. The molecule has 1 amide bonds. The maximum absolute atomic E-state index is 12.0. The summed E-state index contributed by atoms with van der Waals surface area (Å²) in [5.41, 5.74) is 1.65. The van der Waals surface area contributed by atoms with Crippen LogP contribution in [-0.4, -0.2) is 13.0 Å². The molecule has 0 radical (unpaired) electrons. The summed E-state index contributed by atoms with van der Waals surface area (Å²) in [4.78, 5) is 12.0. The number of rotatable bonds is 4. The van der Waals surface area contributed by atoms with Crippen molar-refractivity contribution in [3.8, 4) is 5.75 Å². The Labute approximate surface area is 126 Å². The smallest absolute Gasteiger partial charge is 0.262 e. The zero-order valence-corrected chi connectivity index (χ0v) is 12.6. The Bertz CT molecular complexity index is 623. The first-order valence-corrected chi connectivity index (χ1v) is 6.86. The SMILES string of the molecule is COc1cccc(NC(=O)C(Br)=Cc2ccccc2)c1. The van der Waals surface area contributed by atoms with Gasteiger partial charge in [-0.15, -0.1) is 0 Å². The number of carbonyl (C=O) groups excluding carboxylic acids is 1. The van der Waals surface area contributed by atoms with Gasteiger partial charge in [0.05, 0.1) is 11.6 Å². The Morgan fingerprint density at radius 1 is 1.15 bits per heavy atom. The lowest BCUT2D eigenvalue weighted by atomic mass is 10.2. The monoisotopic (exact) mass is 331 g/mol. The fourth-order valence-corrected chi connectivity index (χ4v) is 2.02. The van der Waals surface area contributed by atoms with Gasteiger partial charge in [-0.1, -0.05) is 36.4 Å². The molecule has 2 aromatic carbocycles. The minimum Gasteiger partial charge on any atom is -0.497 e. The van der Waals surface area contributed by atoms with Crippen molar-refractivity contribution < 1.29 is 9.53 Å². The lowest BCUT2D eigenvalue weighted by Crippen LogP contribution is -2.11. The summed E-state index contributed by atoms with van der Waals surface area (Å²) in [6.45, 7) is 0. The van der Waals surface area contributed by atoms with Gasteiger partial charge in [0.15, 0.2) is 0 Å². The second-order valence-corrected chi connectivity index (χ2v) is 4.94. The zero-order chi connectivity index (χ0) is 14.4. The van der Waals surface area contributed by atoms with E-state index in [4.69, 9.17) is 4.74 Å². The Morgan fingerprint density at radius 3 is 2.60 bits per heavy atom. The van der Waals surface area contributed by atoms with E-state index in [1.807, 2.05) is 48.5 Å². The number of hydrogen-bond donors (Lipinski definition) is 1. The first kappa shape index (κ1) is 14.3. The summed E-state index contributed by atoms with van der Waals surface area (Å²) in [7, 11) is 1.59. The van der Waals surface area contributed by atoms with Gasteiger partial charge in [0.25, 0.3) is 5.91 Å². The number of nitrogens with one attached hydrogen (secondary N) is 1. The van der Waals surface area contributed by atoms with E-state index in [1.54, 1.807) is 19.3 Å². The van der Waals surface area contributed by atoms with Crippen LogP contribution in [0, 0.1) is 0 Å². The van der Waals surface area contributed by atoms with Crippen LogP contribution in [0.25, 0.3) is 6.08 Å². The number of halogens is 1. The molecule has 1 N–H and O–H groups in total. The summed E-state index contributed by atoms with van der Waals surface area (Å²) in [6.07, 6.45) is 1.77. The molecule has 0 atom stereocenters. The van der Waals surface area contributed by atoms with E-state index < -0.39 is 0 Å². The number of hydrogen-bond acceptors (Lipinski definition) is 2. The van der Waals surface area contributed by atoms with Crippen molar-refractivity contribution in [2.75, 3.05) is 12.4 Å². The normalized spacial score (nSPS) is 11.0. The largest absolute Gasteiger partial charge is 0.497 e. The van der Waals surface area contributed by atoms with Gasteiger partial charge in [0.2, 0.25) is 0 Å². The van der Waals surface area contributed by atoms with Crippen LogP contribution >= 0.6 is 15.9 Å². The lowest BCUT2D eigenvalue weighted by Gasteiger charge is -2.06. The summed E-state index contributed by atoms with van der Waals surface area (Å²) in [5.74, 6) is 0.494. The van der Waals surface area contributed by atoms with Crippen molar-refractivity contribution in [2.24, 2.45) is 0 Å². The summed E-state index contributed by atoms with van der Waals surface area (Å²) >= 11 is 3.29. The van der Waals surface area contributed by atoms with Crippen molar-refractivity contribution in [1.82, 2.24) is 0 Å². The third-order valence-corrected chi connectivity index (χ3v) is 3.23. The molecule has 4 heteroatoms. The van der Waals surface area contributed by atoms with E-state index in [0.717, 1.165) is 5.56 Å². The summed E-state index contributed by atoms with van der Waals surface area (Å²) < 4.78 is 5.58. The van der Waals surface area contributed by atoms with Crippen molar-refractivity contribution >= 4 is 33.6 Å². The van der Waals surface area contributed by atoms with Crippen LogP contribution in [0.4, 0.5) is 5.69 Å². The van der Waals surface area contributed by atoms with Gasteiger partial charge in [-0.2, -0.15) is 0 Å². The molecule has 2 aromatic rings. The van der Waals surface area contributed by atoms with Crippen LogP contribution in [-0.2, 0) is 4.79 Å². The molecule has 102 valence electrons. The van der Waals surface area contributed by atoms with Crippen LogP contribution in [0.5, 0.6) is 5.75 Å². The number of amides is 1.